The summed E-state index contributed by atoms with van der Waals surface area (Å²) in [6, 6.07) is 18.7. The highest BCUT2D eigenvalue weighted by molar-refractivity contribution is 5.98. The Morgan fingerprint density at radius 3 is 2.61 bits per heavy atom. The van der Waals surface area contributed by atoms with E-state index in [4.69, 9.17) is 0 Å². The van der Waals surface area contributed by atoms with E-state index in [2.05, 4.69) is 60.8 Å². The summed E-state index contributed by atoms with van der Waals surface area (Å²) in [7, 11) is 0. The number of nitrogens with one attached hydrogen (secondary N) is 2. The molecule has 2 N–H and O–H groups in total. The van der Waals surface area contributed by atoms with E-state index < -0.39 is 0 Å². The number of aromatic nitrogens is 2. The third-order valence-corrected chi connectivity index (χ3v) is 5.38. The summed E-state index contributed by atoms with van der Waals surface area (Å²) in [6.07, 6.45) is 2.57. The van der Waals surface area contributed by atoms with Crippen LogP contribution in [-0.4, -0.2) is 15.7 Å². The topological polar surface area (TPSA) is 59.0 Å². The Bertz CT molecular complexity index is 974. The van der Waals surface area contributed by atoms with Gasteiger partial charge in [0, 0.05) is 6.54 Å². The number of amides is 1. The Morgan fingerprint density at radius 2 is 1.89 bits per heavy atom. The van der Waals surface area contributed by atoms with Crippen LogP contribution in [0.2, 0.25) is 0 Å². The first-order valence-electron chi connectivity index (χ1n) is 9.68. The zero-order valence-electron chi connectivity index (χ0n) is 16.6. The fourth-order valence-corrected chi connectivity index (χ4v) is 3.78. The number of carbonyl (C=O) groups is 1. The van der Waals surface area contributed by atoms with Gasteiger partial charge in [0.1, 0.15) is 11.4 Å². The average Bonchev–Trinajstić information content (AvgIpc) is 3.13. The number of rotatable bonds is 4. The normalized spacial score (nSPS) is 17.5. The van der Waals surface area contributed by atoms with Gasteiger partial charge in [-0.25, -0.2) is 4.68 Å². The molecule has 5 heteroatoms. The number of benzene rings is 2. The second-order valence-electron chi connectivity index (χ2n) is 8.11. The van der Waals surface area contributed by atoms with Crippen molar-refractivity contribution in [3.63, 3.8) is 0 Å². The predicted molar refractivity (Wildman–Crippen MR) is 111 cm³/mol. The lowest BCUT2D eigenvalue weighted by Gasteiger charge is -2.38. The number of aryl methyl sites for hydroxylation is 1. The maximum Gasteiger partial charge on any atom is 0.256 e. The van der Waals surface area contributed by atoms with Crippen molar-refractivity contribution in [2.75, 3.05) is 5.32 Å². The number of hydrogen-bond donors (Lipinski definition) is 2. The molecule has 4 rings (SSSR count). The molecule has 1 unspecified atom stereocenters. The molecule has 3 aromatic rings. The van der Waals surface area contributed by atoms with Gasteiger partial charge in [-0.05, 0) is 38.3 Å². The summed E-state index contributed by atoms with van der Waals surface area (Å²) in [5.41, 5.74) is 3.90. The quantitative estimate of drug-likeness (QED) is 0.711. The molecule has 144 valence electrons. The van der Waals surface area contributed by atoms with Crippen LogP contribution in [-0.2, 0) is 12.1 Å². The maximum atomic E-state index is 12.9. The van der Waals surface area contributed by atoms with Gasteiger partial charge in [0.2, 0.25) is 0 Å². The van der Waals surface area contributed by atoms with E-state index in [1.165, 1.54) is 11.1 Å². The van der Waals surface area contributed by atoms with E-state index in [9.17, 15) is 4.79 Å². The number of anilines is 1. The van der Waals surface area contributed by atoms with Gasteiger partial charge in [0.15, 0.2) is 0 Å². The SMILES string of the molecule is Cc1ccc(CNC(=O)c2cnn3c2NC(c2ccccc2)CC3(C)C)cc1. The van der Waals surface area contributed by atoms with E-state index in [1.54, 1.807) is 6.20 Å². The highest BCUT2D eigenvalue weighted by Crippen LogP contribution is 2.39. The minimum atomic E-state index is -0.184. The lowest BCUT2D eigenvalue weighted by Crippen LogP contribution is -2.38. The van der Waals surface area contributed by atoms with Crippen molar-refractivity contribution in [3.05, 3.63) is 83.0 Å². The third kappa shape index (κ3) is 3.52. The van der Waals surface area contributed by atoms with Gasteiger partial charge in [0.05, 0.1) is 17.8 Å². The van der Waals surface area contributed by atoms with Crippen molar-refractivity contribution in [3.8, 4) is 0 Å². The van der Waals surface area contributed by atoms with Crippen molar-refractivity contribution in [1.82, 2.24) is 15.1 Å². The summed E-state index contributed by atoms with van der Waals surface area (Å²) >= 11 is 0. The van der Waals surface area contributed by atoms with Gasteiger partial charge in [-0.1, -0.05) is 60.2 Å². The third-order valence-electron chi connectivity index (χ3n) is 5.38. The van der Waals surface area contributed by atoms with Crippen molar-refractivity contribution >= 4 is 11.7 Å². The highest BCUT2D eigenvalue weighted by atomic mass is 16.1. The fraction of sp³-hybridized carbons (Fsp3) is 0.304. The van der Waals surface area contributed by atoms with E-state index in [-0.39, 0.29) is 17.5 Å². The van der Waals surface area contributed by atoms with Crippen LogP contribution in [0.1, 0.15) is 53.4 Å². The highest BCUT2D eigenvalue weighted by Gasteiger charge is 2.36. The molecular weight excluding hydrogens is 348 g/mol. The van der Waals surface area contributed by atoms with Gasteiger partial charge in [-0.15, -0.1) is 0 Å². The fourth-order valence-electron chi connectivity index (χ4n) is 3.78. The molecule has 1 aromatic heterocycles. The molecule has 0 saturated carbocycles. The molecule has 0 saturated heterocycles. The Kier molecular flexibility index (Phi) is 4.67. The molecule has 0 radical (unpaired) electrons. The van der Waals surface area contributed by atoms with Crippen LogP contribution in [0.3, 0.4) is 0 Å². The average molecular weight is 374 g/mol. The van der Waals surface area contributed by atoms with Crippen LogP contribution in [0.5, 0.6) is 0 Å². The van der Waals surface area contributed by atoms with E-state index >= 15 is 0 Å². The smallest absolute Gasteiger partial charge is 0.256 e. The number of nitrogens with zero attached hydrogens (tertiary/aromatic N) is 2. The first-order chi connectivity index (χ1) is 13.4. The standard InChI is InChI=1S/C23H26N4O/c1-16-9-11-17(12-10-16)14-24-22(28)19-15-25-27-21(19)26-20(13-23(27,2)3)18-7-5-4-6-8-18/h4-12,15,20,26H,13-14H2,1-3H3,(H,24,28). The molecule has 5 nitrogen and oxygen atoms in total. The zero-order valence-corrected chi connectivity index (χ0v) is 16.6. The lowest BCUT2D eigenvalue weighted by atomic mass is 9.89. The van der Waals surface area contributed by atoms with Gasteiger partial charge >= 0.3 is 0 Å². The van der Waals surface area contributed by atoms with Crippen LogP contribution >= 0.6 is 0 Å². The predicted octanol–water partition coefficient (Wildman–Crippen LogP) is 4.41. The largest absolute Gasteiger partial charge is 0.363 e. The zero-order chi connectivity index (χ0) is 19.7. The van der Waals surface area contributed by atoms with Crippen LogP contribution in [0.25, 0.3) is 0 Å². The molecule has 1 atom stereocenters. The number of carbonyl (C=O) groups excluding carboxylic acids is 1. The van der Waals surface area contributed by atoms with Gasteiger partial charge in [-0.2, -0.15) is 5.10 Å². The summed E-state index contributed by atoms with van der Waals surface area (Å²) in [5.74, 6) is 0.672. The Balaban J connectivity index is 1.56. The van der Waals surface area contributed by atoms with Crippen molar-refractivity contribution in [2.24, 2.45) is 0 Å². The molecule has 2 aromatic carbocycles. The molecule has 1 aliphatic rings. The molecule has 0 spiro atoms. The van der Waals surface area contributed by atoms with Crippen LogP contribution in [0.4, 0.5) is 5.82 Å². The van der Waals surface area contributed by atoms with E-state index in [0.717, 1.165) is 17.8 Å². The second-order valence-corrected chi connectivity index (χ2v) is 8.11. The molecule has 0 fully saturated rings. The lowest BCUT2D eigenvalue weighted by molar-refractivity contribution is 0.0951. The van der Waals surface area contributed by atoms with Gasteiger partial charge < -0.3 is 10.6 Å². The van der Waals surface area contributed by atoms with Crippen molar-refractivity contribution in [2.45, 2.75) is 45.3 Å². The molecule has 0 bridgehead atoms. The van der Waals surface area contributed by atoms with Crippen molar-refractivity contribution < 1.29 is 4.79 Å². The molecule has 28 heavy (non-hydrogen) atoms. The van der Waals surface area contributed by atoms with Crippen LogP contribution < -0.4 is 10.6 Å². The first kappa shape index (κ1) is 18.3. The Morgan fingerprint density at radius 1 is 1.18 bits per heavy atom. The molecule has 0 aliphatic carbocycles. The van der Waals surface area contributed by atoms with Crippen molar-refractivity contribution in [1.29, 1.82) is 0 Å². The van der Waals surface area contributed by atoms with Gasteiger partial charge in [-0.3, -0.25) is 4.79 Å². The van der Waals surface area contributed by atoms with E-state index in [1.807, 2.05) is 35.0 Å². The monoisotopic (exact) mass is 374 g/mol. The number of fused-ring (bicyclic) bond motifs is 1. The summed E-state index contributed by atoms with van der Waals surface area (Å²) in [6.45, 7) is 6.87. The number of hydrogen-bond acceptors (Lipinski definition) is 3. The molecule has 1 aliphatic heterocycles. The molecular formula is C23H26N4O. The summed E-state index contributed by atoms with van der Waals surface area (Å²) < 4.78 is 1.94. The Labute approximate surface area is 165 Å². The van der Waals surface area contributed by atoms with Gasteiger partial charge in [0.25, 0.3) is 5.91 Å². The minimum Gasteiger partial charge on any atom is -0.363 e. The maximum absolute atomic E-state index is 12.9. The van der Waals surface area contributed by atoms with Crippen LogP contribution in [0, 0.1) is 6.92 Å². The minimum absolute atomic E-state index is 0.112. The first-order valence-corrected chi connectivity index (χ1v) is 9.68. The van der Waals surface area contributed by atoms with Crippen LogP contribution in [0.15, 0.2) is 60.8 Å². The summed E-state index contributed by atoms with van der Waals surface area (Å²) in [5, 5.41) is 11.1. The summed E-state index contributed by atoms with van der Waals surface area (Å²) in [4.78, 5) is 12.9. The Hall–Kier alpha value is -3.08. The second kappa shape index (κ2) is 7.15. The molecule has 2 heterocycles. The van der Waals surface area contributed by atoms with E-state index in [0.29, 0.717) is 12.1 Å². The molecule has 1 amide bonds.